The zero-order valence-electron chi connectivity index (χ0n) is 12.4. The summed E-state index contributed by atoms with van der Waals surface area (Å²) < 4.78 is 0. The third-order valence-corrected chi connectivity index (χ3v) is 3.55. The second-order valence-electron chi connectivity index (χ2n) is 5.23. The lowest BCUT2D eigenvalue weighted by Gasteiger charge is -2.05. The molecule has 0 fully saturated rings. The number of hydrogen-bond donors (Lipinski definition) is 2. The number of fused-ring (bicyclic) bond motifs is 1. The van der Waals surface area contributed by atoms with Crippen molar-refractivity contribution in [3.63, 3.8) is 0 Å². The van der Waals surface area contributed by atoms with Gasteiger partial charge in [-0.25, -0.2) is 15.0 Å². The maximum Gasteiger partial charge on any atom is 0.182 e. The monoisotopic (exact) mass is 275 g/mol. The fourth-order valence-electron chi connectivity index (χ4n) is 2.36. The van der Waals surface area contributed by atoms with Crippen molar-refractivity contribution in [2.45, 2.75) is 58.3 Å². The van der Waals surface area contributed by atoms with Crippen molar-refractivity contribution < 1.29 is 0 Å². The molecule has 2 N–H and O–H groups in total. The molecule has 0 atom stereocenters. The number of unbranched alkanes of at least 4 members (excludes halogenated alkanes) is 7. The highest BCUT2D eigenvalue weighted by atomic mass is 15.1. The zero-order valence-corrected chi connectivity index (χ0v) is 12.4. The van der Waals surface area contributed by atoms with Gasteiger partial charge in [0.2, 0.25) is 0 Å². The molecule has 5 heteroatoms. The predicted octanol–water partition coefficient (Wildman–Crippen LogP) is 3.91. The van der Waals surface area contributed by atoms with E-state index in [4.69, 9.17) is 0 Å². The molecular formula is C15H25N5. The van der Waals surface area contributed by atoms with Crippen LogP contribution in [0.2, 0.25) is 0 Å². The maximum atomic E-state index is 4.25. The van der Waals surface area contributed by atoms with Crippen LogP contribution in [0.15, 0.2) is 12.7 Å². The normalized spacial score (nSPS) is 11.1. The van der Waals surface area contributed by atoms with Gasteiger partial charge in [-0.15, -0.1) is 0 Å². The quantitative estimate of drug-likeness (QED) is 0.645. The number of nitrogens with zero attached hydrogens (tertiary/aromatic N) is 3. The Morgan fingerprint density at radius 1 is 0.950 bits per heavy atom. The molecule has 0 spiro atoms. The van der Waals surface area contributed by atoms with E-state index in [2.05, 4.69) is 32.2 Å². The first-order chi connectivity index (χ1) is 9.92. The Labute approximate surface area is 120 Å². The summed E-state index contributed by atoms with van der Waals surface area (Å²) in [6, 6.07) is 0. The fourth-order valence-corrected chi connectivity index (χ4v) is 2.36. The topological polar surface area (TPSA) is 66.5 Å². The van der Waals surface area contributed by atoms with Gasteiger partial charge in [0.25, 0.3) is 0 Å². The summed E-state index contributed by atoms with van der Waals surface area (Å²) in [7, 11) is 0. The lowest BCUT2D eigenvalue weighted by atomic mass is 10.1. The van der Waals surface area contributed by atoms with Crippen molar-refractivity contribution in [1.29, 1.82) is 0 Å². The summed E-state index contributed by atoms with van der Waals surface area (Å²) in [6.07, 6.45) is 13.9. The second kappa shape index (κ2) is 8.51. The van der Waals surface area contributed by atoms with E-state index in [1.807, 2.05) is 0 Å². The smallest absolute Gasteiger partial charge is 0.182 e. The van der Waals surface area contributed by atoms with Gasteiger partial charge in [-0.1, -0.05) is 51.9 Å². The Balaban J connectivity index is 1.58. The van der Waals surface area contributed by atoms with Crippen LogP contribution in [0.1, 0.15) is 58.3 Å². The van der Waals surface area contributed by atoms with Crippen molar-refractivity contribution >= 4 is 17.0 Å². The van der Waals surface area contributed by atoms with Gasteiger partial charge in [0.05, 0.1) is 6.33 Å². The molecule has 0 unspecified atom stereocenters. The highest BCUT2D eigenvalue weighted by Gasteiger charge is 2.04. The SMILES string of the molecule is CCCCCCCCCCNc1ncnc2nc[nH]c12. The van der Waals surface area contributed by atoms with E-state index in [1.165, 1.54) is 51.4 Å². The maximum absolute atomic E-state index is 4.25. The molecule has 2 heterocycles. The third kappa shape index (κ3) is 4.47. The van der Waals surface area contributed by atoms with Crippen LogP contribution in [0, 0.1) is 0 Å². The first-order valence-electron chi connectivity index (χ1n) is 7.79. The number of imidazole rings is 1. The van der Waals surface area contributed by atoms with Crippen LogP contribution in [0.25, 0.3) is 11.2 Å². The number of aromatic amines is 1. The van der Waals surface area contributed by atoms with Crippen molar-refractivity contribution in [3.05, 3.63) is 12.7 Å². The molecule has 2 aromatic rings. The van der Waals surface area contributed by atoms with Gasteiger partial charge >= 0.3 is 0 Å². The molecule has 0 aromatic carbocycles. The molecule has 0 bridgehead atoms. The minimum Gasteiger partial charge on any atom is -0.368 e. The van der Waals surface area contributed by atoms with Gasteiger partial charge in [0, 0.05) is 6.54 Å². The standard InChI is InChI=1S/C15H25N5/c1-2-3-4-5-6-7-8-9-10-16-14-13-15(18-11-17-13)20-12-19-14/h11-12H,2-10H2,1H3,(H2,16,17,18,19,20). The van der Waals surface area contributed by atoms with Gasteiger partial charge in [0.1, 0.15) is 11.8 Å². The summed E-state index contributed by atoms with van der Waals surface area (Å²) in [6.45, 7) is 3.22. The second-order valence-corrected chi connectivity index (χ2v) is 5.23. The number of aromatic nitrogens is 4. The average molecular weight is 275 g/mol. The van der Waals surface area contributed by atoms with E-state index in [0.29, 0.717) is 0 Å². The first-order valence-corrected chi connectivity index (χ1v) is 7.79. The van der Waals surface area contributed by atoms with E-state index < -0.39 is 0 Å². The number of anilines is 1. The lowest BCUT2D eigenvalue weighted by molar-refractivity contribution is 0.581. The van der Waals surface area contributed by atoms with Crippen LogP contribution in [0.3, 0.4) is 0 Å². The summed E-state index contributed by atoms with van der Waals surface area (Å²) in [5, 5.41) is 3.36. The summed E-state index contributed by atoms with van der Waals surface area (Å²) in [5.74, 6) is 0.857. The van der Waals surface area contributed by atoms with E-state index in [0.717, 1.165) is 23.5 Å². The molecule has 0 aliphatic rings. The summed E-state index contributed by atoms with van der Waals surface area (Å²) >= 11 is 0. The van der Waals surface area contributed by atoms with Gasteiger partial charge in [-0.2, -0.15) is 0 Å². The van der Waals surface area contributed by atoms with Crippen molar-refractivity contribution in [1.82, 2.24) is 19.9 Å². The summed E-state index contributed by atoms with van der Waals surface area (Å²) in [5.41, 5.74) is 1.62. The lowest BCUT2D eigenvalue weighted by Crippen LogP contribution is -2.04. The van der Waals surface area contributed by atoms with Gasteiger partial charge in [-0.05, 0) is 6.42 Å². The Bertz CT molecular complexity index is 494. The molecule has 2 rings (SSSR count). The van der Waals surface area contributed by atoms with Gasteiger partial charge in [0.15, 0.2) is 11.5 Å². The Kier molecular flexibility index (Phi) is 6.27. The van der Waals surface area contributed by atoms with Crippen LogP contribution in [0.5, 0.6) is 0 Å². The molecule has 0 saturated heterocycles. The van der Waals surface area contributed by atoms with Crippen molar-refractivity contribution in [3.8, 4) is 0 Å². The van der Waals surface area contributed by atoms with E-state index in [-0.39, 0.29) is 0 Å². The molecule has 0 saturated carbocycles. The molecule has 0 radical (unpaired) electrons. The van der Waals surface area contributed by atoms with Crippen molar-refractivity contribution in [2.24, 2.45) is 0 Å². The number of hydrogen-bond acceptors (Lipinski definition) is 4. The predicted molar refractivity (Wildman–Crippen MR) is 82.8 cm³/mol. The molecule has 2 aromatic heterocycles. The third-order valence-electron chi connectivity index (χ3n) is 3.55. The minimum atomic E-state index is 0.721. The van der Waals surface area contributed by atoms with Crippen LogP contribution >= 0.6 is 0 Å². The summed E-state index contributed by atoms with van der Waals surface area (Å²) in [4.78, 5) is 15.6. The molecule has 0 amide bonds. The Hall–Kier alpha value is -1.65. The molecule has 0 aliphatic carbocycles. The Morgan fingerprint density at radius 2 is 1.70 bits per heavy atom. The minimum absolute atomic E-state index is 0.721. The fraction of sp³-hybridized carbons (Fsp3) is 0.667. The molecule has 0 aliphatic heterocycles. The van der Waals surface area contributed by atoms with Crippen LogP contribution < -0.4 is 5.32 Å². The number of H-pyrrole nitrogens is 1. The van der Waals surface area contributed by atoms with Gasteiger partial charge < -0.3 is 10.3 Å². The molecule has 5 nitrogen and oxygen atoms in total. The number of nitrogens with one attached hydrogen (secondary N) is 2. The van der Waals surface area contributed by atoms with Crippen LogP contribution in [-0.2, 0) is 0 Å². The first kappa shape index (κ1) is 14.8. The zero-order chi connectivity index (χ0) is 14.0. The largest absolute Gasteiger partial charge is 0.368 e. The molecular weight excluding hydrogens is 250 g/mol. The number of rotatable bonds is 10. The van der Waals surface area contributed by atoms with Crippen LogP contribution in [0.4, 0.5) is 5.82 Å². The highest BCUT2D eigenvalue weighted by molar-refractivity contribution is 5.81. The van der Waals surface area contributed by atoms with Crippen LogP contribution in [-0.4, -0.2) is 26.5 Å². The Morgan fingerprint density at radius 3 is 2.50 bits per heavy atom. The van der Waals surface area contributed by atoms with E-state index in [9.17, 15) is 0 Å². The van der Waals surface area contributed by atoms with Crippen molar-refractivity contribution in [2.75, 3.05) is 11.9 Å². The average Bonchev–Trinajstić information content (AvgIpc) is 2.95. The van der Waals surface area contributed by atoms with E-state index >= 15 is 0 Å². The van der Waals surface area contributed by atoms with E-state index in [1.54, 1.807) is 12.7 Å². The van der Waals surface area contributed by atoms with Gasteiger partial charge in [-0.3, -0.25) is 0 Å². The molecule has 110 valence electrons. The molecule has 20 heavy (non-hydrogen) atoms. The highest BCUT2D eigenvalue weighted by Crippen LogP contribution is 2.14.